The van der Waals surface area contributed by atoms with Gasteiger partial charge in [0.1, 0.15) is 5.82 Å². The first kappa shape index (κ1) is 13.8. The maximum Gasteiger partial charge on any atom is 0.337 e. The molecule has 1 unspecified atom stereocenters. The molecule has 0 aliphatic heterocycles. The molecule has 4 nitrogen and oxygen atoms in total. The number of pyridine rings is 1. The molecule has 0 aliphatic carbocycles. The van der Waals surface area contributed by atoms with Crippen molar-refractivity contribution in [2.24, 2.45) is 0 Å². The highest BCUT2D eigenvalue weighted by Gasteiger charge is 2.15. The zero-order valence-corrected chi connectivity index (χ0v) is 11.0. The molecule has 1 aromatic heterocycles. The molecule has 1 aromatic rings. The first-order valence-electron chi connectivity index (χ1n) is 5.59. The van der Waals surface area contributed by atoms with Crippen LogP contribution in [0.15, 0.2) is 12.3 Å². The van der Waals surface area contributed by atoms with Gasteiger partial charge in [-0.05, 0) is 19.4 Å². The van der Waals surface area contributed by atoms with Crippen molar-refractivity contribution < 1.29 is 9.90 Å². The minimum Gasteiger partial charge on any atom is -0.478 e. The SMILES string of the molecule is CCCC(C)N(C)c1ncc(C(=O)O)cc1Cl. The van der Waals surface area contributed by atoms with Crippen LogP contribution < -0.4 is 4.90 Å². The Morgan fingerprint density at radius 1 is 1.65 bits per heavy atom. The fraction of sp³-hybridized carbons (Fsp3) is 0.500. The average molecular weight is 257 g/mol. The Morgan fingerprint density at radius 2 is 2.29 bits per heavy atom. The molecule has 94 valence electrons. The van der Waals surface area contributed by atoms with E-state index in [-0.39, 0.29) is 5.56 Å². The van der Waals surface area contributed by atoms with E-state index in [1.165, 1.54) is 12.3 Å². The van der Waals surface area contributed by atoms with Crippen molar-refractivity contribution in [1.82, 2.24) is 4.98 Å². The lowest BCUT2D eigenvalue weighted by atomic mass is 10.1. The van der Waals surface area contributed by atoms with Crippen LogP contribution in [0.3, 0.4) is 0 Å². The molecule has 0 saturated carbocycles. The molecular weight excluding hydrogens is 240 g/mol. The summed E-state index contributed by atoms with van der Waals surface area (Å²) < 4.78 is 0. The van der Waals surface area contributed by atoms with Gasteiger partial charge in [-0.1, -0.05) is 24.9 Å². The molecule has 0 bridgehead atoms. The molecule has 1 atom stereocenters. The first-order valence-corrected chi connectivity index (χ1v) is 5.96. The van der Waals surface area contributed by atoms with Crippen LogP contribution in [-0.2, 0) is 0 Å². The predicted octanol–water partition coefficient (Wildman–Crippen LogP) is 3.06. The van der Waals surface area contributed by atoms with Crippen molar-refractivity contribution in [3.8, 4) is 0 Å². The fourth-order valence-corrected chi connectivity index (χ4v) is 1.93. The van der Waals surface area contributed by atoms with Gasteiger partial charge in [-0.25, -0.2) is 9.78 Å². The molecule has 0 fully saturated rings. The van der Waals surface area contributed by atoms with Gasteiger partial charge in [0.2, 0.25) is 0 Å². The Hall–Kier alpha value is -1.29. The molecule has 1 N–H and O–H groups in total. The molecule has 1 heterocycles. The Bertz CT molecular complexity index is 409. The van der Waals surface area contributed by atoms with E-state index < -0.39 is 5.97 Å². The third-order valence-corrected chi connectivity index (χ3v) is 3.05. The van der Waals surface area contributed by atoms with Crippen LogP contribution in [0, 0.1) is 0 Å². The Labute approximate surface area is 106 Å². The summed E-state index contributed by atoms with van der Waals surface area (Å²) >= 11 is 6.05. The summed E-state index contributed by atoms with van der Waals surface area (Å²) in [7, 11) is 1.91. The smallest absolute Gasteiger partial charge is 0.337 e. The van der Waals surface area contributed by atoms with Gasteiger partial charge >= 0.3 is 5.97 Å². The van der Waals surface area contributed by atoms with Crippen molar-refractivity contribution in [2.75, 3.05) is 11.9 Å². The summed E-state index contributed by atoms with van der Waals surface area (Å²) in [6, 6.07) is 1.75. The predicted molar refractivity (Wildman–Crippen MR) is 69.0 cm³/mol. The quantitative estimate of drug-likeness (QED) is 0.880. The number of carbonyl (C=O) groups is 1. The number of anilines is 1. The number of carboxylic acids is 1. The maximum atomic E-state index is 10.8. The van der Waals surface area contributed by atoms with Crippen molar-refractivity contribution >= 4 is 23.4 Å². The lowest BCUT2D eigenvalue weighted by Gasteiger charge is -2.26. The molecule has 5 heteroatoms. The van der Waals surface area contributed by atoms with Gasteiger partial charge in [0.05, 0.1) is 10.6 Å². The van der Waals surface area contributed by atoms with E-state index in [9.17, 15) is 4.79 Å². The summed E-state index contributed by atoms with van der Waals surface area (Å²) in [4.78, 5) is 16.8. The van der Waals surface area contributed by atoms with Crippen molar-refractivity contribution in [3.05, 3.63) is 22.8 Å². The number of aromatic nitrogens is 1. The largest absolute Gasteiger partial charge is 0.478 e. The minimum atomic E-state index is -1.02. The third-order valence-electron chi connectivity index (χ3n) is 2.77. The number of carboxylic acid groups (broad SMARTS) is 1. The number of hydrogen-bond donors (Lipinski definition) is 1. The van der Waals surface area contributed by atoms with Crippen LogP contribution in [-0.4, -0.2) is 29.1 Å². The lowest BCUT2D eigenvalue weighted by Crippen LogP contribution is -2.29. The minimum absolute atomic E-state index is 0.107. The highest BCUT2D eigenvalue weighted by molar-refractivity contribution is 6.33. The van der Waals surface area contributed by atoms with Crippen LogP contribution in [0.25, 0.3) is 0 Å². The summed E-state index contributed by atoms with van der Waals surface area (Å²) in [5.74, 6) is -0.396. The third kappa shape index (κ3) is 3.33. The average Bonchev–Trinajstić information content (AvgIpc) is 2.28. The van der Waals surface area contributed by atoms with Gasteiger partial charge in [-0.15, -0.1) is 0 Å². The summed E-state index contributed by atoms with van der Waals surface area (Å²) in [6.45, 7) is 4.21. The van der Waals surface area contributed by atoms with Crippen LogP contribution >= 0.6 is 11.6 Å². The summed E-state index contributed by atoms with van der Waals surface area (Å²) in [6.07, 6.45) is 3.45. The number of nitrogens with zero attached hydrogens (tertiary/aromatic N) is 2. The van der Waals surface area contributed by atoms with E-state index in [2.05, 4.69) is 18.8 Å². The van der Waals surface area contributed by atoms with Crippen LogP contribution in [0.4, 0.5) is 5.82 Å². The fourth-order valence-electron chi connectivity index (χ4n) is 1.63. The lowest BCUT2D eigenvalue weighted by molar-refractivity contribution is 0.0696. The molecule has 1 rings (SSSR count). The number of aromatic carboxylic acids is 1. The molecule has 17 heavy (non-hydrogen) atoms. The Morgan fingerprint density at radius 3 is 2.76 bits per heavy atom. The highest BCUT2D eigenvalue weighted by atomic mass is 35.5. The number of rotatable bonds is 5. The van der Waals surface area contributed by atoms with E-state index in [0.29, 0.717) is 16.9 Å². The van der Waals surface area contributed by atoms with Crippen LogP contribution in [0.5, 0.6) is 0 Å². The van der Waals surface area contributed by atoms with Gasteiger partial charge < -0.3 is 10.0 Å². The van der Waals surface area contributed by atoms with Crippen molar-refractivity contribution in [2.45, 2.75) is 32.7 Å². The molecule has 0 amide bonds. The number of halogens is 1. The summed E-state index contributed by atoms with van der Waals surface area (Å²) in [5, 5.41) is 9.19. The second-order valence-corrected chi connectivity index (χ2v) is 4.49. The number of hydrogen-bond acceptors (Lipinski definition) is 3. The topological polar surface area (TPSA) is 53.4 Å². The van der Waals surface area contributed by atoms with E-state index >= 15 is 0 Å². The van der Waals surface area contributed by atoms with E-state index in [4.69, 9.17) is 16.7 Å². The van der Waals surface area contributed by atoms with Gasteiger partial charge in [0.25, 0.3) is 0 Å². The second kappa shape index (κ2) is 5.87. The second-order valence-electron chi connectivity index (χ2n) is 4.08. The Kier molecular flexibility index (Phi) is 4.75. The molecule has 0 radical (unpaired) electrons. The van der Waals surface area contributed by atoms with Gasteiger partial charge in [0.15, 0.2) is 0 Å². The maximum absolute atomic E-state index is 10.8. The Balaban J connectivity index is 2.95. The standard InChI is InChI=1S/C12H17ClN2O2/c1-4-5-8(2)15(3)11-10(13)6-9(7-14-11)12(16)17/h6-8H,4-5H2,1-3H3,(H,16,17). The molecule has 0 saturated heterocycles. The van der Waals surface area contributed by atoms with E-state index in [1.807, 2.05) is 11.9 Å². The molecule has 0 spiro atoms. The normalized spacial score (nSPS) is 12.2. The van der Waals surface area contributed by atoms with Crippen molar-refractivity contribution in [1.29, 1.82) is 0 Å². The van der Waals surface area contributed by atoms with Gasteiger partial charge in [-0.2, -0.15) is 0 Å². The van der Waals surface area contributed by atoms with Crippen LogP contribution in [0.1, 0.15) is 37.0 Å². The van der Waals surface area contributed by atoms with E-state index in [1.54, 1.807) is 0 Å². The highest BCUT2D eigenvalue weighted by Crippen LogP contribution is 2.25. The molecular formula is C12H17ClN2O2. The first-order chi connectivity index (χ1) is 7.97. The zero-order valence-electron chi connectivity index (χ0n) is 10.3. The van der Waals surface area contributed by atoms with Gasteiger partial charge in [0, 0.05) is 19.3 Å². The molecule has 0 aliphatic rings. The monoisotopic (exact) mass is 256 g/mol. The van der Waals surface area contributed by atoms with Gasteiger partial charge in [-0.3, -0.25) is 0 Å². The van der Waals surface area contributed by atoms with Crippen LogP contribution in [0.2, 0.25) is 5.02 Å². The zero-order chi connectivity index (χ0) is 13.0. The summed E-state index contributed by atoms with van der Waals surface area (Å²) in [5.41, 5.74) is 0.107. The molecule has 0 aromatic carbocycles. The van der Waals surface area contributed by atoms with Crippen molar-refractivity contribution in [3.63, 3.8) is 0 Å². The van der Waals surface area contributed by atoms with E-state index in [0.717, 1.165) is 12.8 Å².